The first-order valence-electron chi connectivity index (χ1n) is 7.36. The molecule has 7 heteroatoms. The lowest BCUT2D eigenvalue weighted by Gasteiger charge is -2.37. The van der Waals surface area contributed by atoms with E-state index < -0.39 is 23.2 Å². The number of halogens is 3. The third kappa shape index (κ3) is 3.67. The second kappa shape index (κ2) is 6.50. The molecule has 0 aliphatic heterocycles. The molecule has 0 saturated carbocycles. The monoisotopic (exact) mass is 354 g/mol. The molecule has 0 aliphatic rings. The third-order valence-corrected chi connectivity index (χ3v) is 3.93. The molecule has 4 nitrogen and oxygen atoms in total. The number of carbonyl (C=O) groups is 1. The Morgan fingerprint density at radius 3 is 1.84 bits per heavy atom. The van der Waals surface area contributed by atoms with Crippen molar-refractivity contribution in [3.05, 3.63) is 60.2 Å². The molecule has 0 spiro atoms. The average molecular weight is 354 g/mol. The van der Waals surface area contributed by atoms with Crippen molar-refractivity contribution in [2.45, 2.75) is 25.8 Å². The largest absolute Gasteiger partial charge is 0.457 e. The van der Waals surface area contributed by atoms with Gasteiger partial charge in [0.1, 0.15) is 11.5 Å². The summed E-state index contributed by atoms with van der Waals surface area (Å²) in [6.45, 7) is 1.66. The fraction of sp³-hybridized carbons (Fsp3) is 0.278. The summed E-state index contributed by atoms with van der Waals surface area (Å²) < 4.78 is 44.0. The summed E-state index contributed by atoms with van der Waals surface area (Å²) in [5, 5.41) is 18.9. The van der Waals surface area contributed by atoms with Crippen LogP contribution in [0.3, 0.4) is 0 Å². The first-order chi connectivity index (χ1) is 11.5. The Kier molecular flexibility index (Phi) is 4.92. The highest BCUT2D eigenvalue weighted by atomic mass is 19.4. The molecule has 2 N–H and O–H groups in total. The lowest BCUT2D eigenvalue weighted by atomic mass is 9.76. The van der Waals surface area contributed by atoms with Gasteiger partial charge in [0.15, 0.2) is 5.78 Å². The van der Waals surface area contributed by atoms with E-state index in [1.807, 2.05) is 6.07 Å². The Balaban J connectivity index is 2.23. The van der Waals surface area contributed by atoms with Crippen molar-refractivity contribution in [1.29, 1.82) is 0 Å². The third-order valence-electron chi connectivity index (χ3n) is 3.93. The maximum Gasteiger partial charge on any atom is 0.443 e. The van der Waals surface area contributed by atoms with Gasteiger partial charge in [-0.15, -0.1) is 0 Å². The number of hydrogen-bond acceptors (Lipinski definition) is 4. The molecule has 0 bridgehead atoms. The minimum Gasteiger partial charge on any atom is -0.457 e. The van der Waals surface area contributed by atoms with Crippen LogP contribution in [0.25, 0.3) is 0 Å². The van der Waals surface area contributed by atoms with E-state index in [1.54, 1.807) is 24.3 Å². The fourth-order valence-electron chi connectivity index (χ4n) is 2.17. The number of ether oxygens (including phenoxy) is 1. The van der Waals surface area contributed by atoms with Crippen molar-refractivity contribution in [3.63, 3.8) is 0 Å². The van der Waals surface area contributed by atoms with E-state index in [-0.39, 0.29) is 5.56 Å². The van der Waals surface area contributed by atoms with E-state index in [4.69, 9.17) is 4.74 Å². The van der Waals surface area contributed by atoms with Crippen molar-refractivity contribution in [3.8, 4) is 11.5 Å². The number of aliphatic hydroxyl groups is 2. The Hall–Kier alpha value is -2.38. The highest BCUT2D eigenvalue weighted by molar-refractivity contribution is 6.00. The number of carbonyl (C=O) groups excluding carboxylic acids is 1. The molecule has 0 aromatic heterocycles. The second-order valence-corrected chi connectivity index (χ2v) is 6.06. The highest BCUT2D eigenvalue weighted by Crippen LogP contribution is 2.43. The molecule has 0 fully saturated rings. The fourth-order valence-corrected chi connectivity index (χ4v) is 2.17. The summed E-state index contributed by atoms with van der Waals surface area (Å²) in [7, 11) is 0. The normalized spacial score (nSPS) is 12.8. The number of alkyl halides is 3. The molecule has 0 atom stereocenters. The van der Waals surface area contributed by atoms with Crippen LogP contribution in [0.2, 0.25) is 0 Å². The van der Waals surface area contributed by atoms with E-state index in [0.29, 0.717) is 11.5 Å². The standard InChI is InChI=1S/C18H17F3O4/c1-16(2,17(23,24)18(19,20)21)15(22)12-8-10-14(11-9-12)25-13-6-4-3-5-7-13/h3-11,23-24H,1-2H3. The van der Waals surface area contributed by atoms with Crippen LogP contribution < -0.4 is 4.74 Å². The summed E-state index contributed by atoms with van der Waals surface area (Å²) in [6, 6.07) is 14.2. The molecule has 2 aromatic rings. The average Bonchev–Trinajstić information content (AvgIpc) is 2.54. The van der Waals surface area contributed by atoms with Gasteiger partial charge in [-0.25, -0.2) is 0 Å². The molecule has 0 aliphatic carbocycles. The van der Waals surface area contributed by atoms with Gasteiger partial charge in [-0.1, -0.05) is 18.2 Å². The molecule has 2 rings (SSSR count). The second-order valence-electron chi connectivity index (χ2n) is 6.06. The van der Waals surface area contributed by atoms with Crippen LogP contribution in [-0.2, 0) is 0 Å². The first-order valence-corrected chi connectivity index (χ1v) is 7.36. The number of Topliss-reactive ketones (excluding diaryl/α,β-unsaturated/α-hetero) is 1. The quantitative estimate of drug-likeness (QED) is 0.631. The molecular weight excluding hydrogens is 337 g/mol. The van der Waals surface area contributed by atoms with Gasteiger partial charge in [-0.2, -0.15) is 13.2 Å². The van der Waals surface area contributed by atoms with Gasteiger partial charge in [0, 0.05) is 5.56 Å². The lowest BCUT2D eigenvalue weighted by Crippen LogP contribution is -2.59. The van der Waals surface area contributed by atoms with Gasteiger partial charge < -0.3 is 14.9 Å². The van der Waals surface area contributed by atoms with Crippen LogP contribution in [0.4, 0.5) is 13.2 Å². The van der Waals surface area contributed by atoms with Gasteiger partial charge in [-0.05, 0) is 50.2 Å². The van der Waals surface area contributed by atoms with Gasteiger partial charge in [0.2, 0.25) is 0 Å². The molecule has 0 saturated heterocycles. The predicted octanol–water partition coefficient (Wildman–Crippen LogP) is 3.93. The lowest BCUT2D eigenvalue weighted by molar-refractivity contribution is -0.378. The van der Waals surface area contributed by atoms with E-state index in [1.165, 1.54) is 24.3 Å². The Morgan fingerprint density at radius 2 is 1.36 bits per heavy atom. The Labute approximate surface area is 142 Å². The first kappa shape index (κ1) is 19.0. The predicted molar refractivity (Wildman–Crippen MR) is 84.3 cm³/mol. The molecule has 25 heavy (non-hydrogen) atoms. The minimum atomic E-state index is -5.37. The zero-order valence-corrected chi connectivity index (χ0v) is 13.5. The topological polar surface area (TPSA) is 66.8 Å². The Bertz CT molecular complexity index is 735. The summed E-state index contributed by atoms with van der Waals surface area (Å²) in [4.78, 5) is 12.4. The maximum atomic E-state index is 12.8. The molecular formula is C18H17F3O4. The Morgan fingerprint density at radius 1 is 0.880 bits per heavy atom. The van der Waals surface area contributed by atoms with E-state index in [2.05, 4.69) is 0 Å². The molecule has 134 valence electrons. The van der Waals surface area contributed by atoms with Gasteiger partial charge in [-0.3, -0.25) is 4.79 Å². The number of rotatable bonds is 5. The molecule has 0 amide bonds. The summed E-state index contributed by atoms with van der Waals surface area (Å²) in [5.74, 6) is -4.27. The van der Waals surface area contributed by atoms with Crippen molar-refractivity contribution >= 4 is 5.78 Å². The number of para-hydroxylation sites is 1. The van der Waals surface area contributed by atoms with Crippen LogP contribution in [-0.4, -0.2) is 28.0 Å². The van der Waals surface area contributed by atoms with Crippen molar-refractivity contribution in [2.75, 3.05) is 0 Å². The zero-order chi connectivity index (χ0) is 18.9. The zero-order valence-electron chi connectivity index (χ0n) is 13.5. The SMILES string of the molecule is CC(C)(C(=O)c1ccc(Oc2ccccc2)cc1)C(O)(O)C(F)(F)F. The number of ketones is 1. The molecule has 0 unspecified atom stereocenters. The van der Waals surface area contributed by atoms with Crippen LogP contribution in [0, 0.1) is 5.41 Å². The molecule has 2 aromatic carbocycles. The van der Waals surface area contributed by atoms with Gasteiger partial charge in [0.25, 0.3) is 5.79 Å². The minimum absolute atomic E-state index is 0.0952. The van der Waals surface area contributed by atoms with Crippen molar-refractivity contribution < 1.29 is 32.9 Å². The summed E-state index contributed by atoms with van der Waals surface area (Å²) in [6.07, 6.45) is -5.37. The number of hydrogen-bond donors (Lipinski definition) is 2. The van der Waals surface area contributed by atoms with Crippen molar-refractivity contribution in [2.24, 2.45) is 5.41 Å². The van der Waals surface area contributed by atoms with E-state index in [9.17, 15) is 28.2 Å². The van der Waals surface area contributed by atoms with Gasteiger partial charge >= 0.3 is 6.18 Å². The summed E-state index contributed by atoms with van der Waals surface area (Å²) in [5.41, 5.74) is -2.59. The van der Waals surface area contributed by atoms with Crippen LogP contribution in [0.1, 0.15) is 24.2 Å². The molecule has 0 radical (unpaired) electrons. The van der Waals surface area contributed by atoms with E-state index >= 15 is 0 Å². The summed E-state index contributed by atoms with van der Waals surface area (Å²) >= 11 is 0. The number of benzene rings is 2. The highest BCUT2D eigenvalue weighted by Gasteiger charge is 2.64. The van der Waals surface area contributed by atoms with Crippen LogP contribution in [0.5, 0.6) is 11.5 Å². The van der Waals surface area contributed by atoms with Crippen LogP contribution in [0.15, 0.2) is 54.6 Å². The smallest absolute Gasteiger partial charge is 0.443 e. The maximum absolute atomic E-state index is 12.8. The van der Waals surface area contributed by atoms with E-state index in [0.717, 1.165) is 13.8 Å². The molecule has 0 heterocycles. The van der Waals surface area contributed by atoms with Gasteiger partial charge in [0.05, 0.1) is 5.41 Å². The van der Waals surface area contributed by atoms with Crippen molar-refractivity contribution in [1.82, 2.24) is 0 Å². The van der Waals surface area contributed by atoms with Crippen LogP contribution >= 0.6 is 0 Å².